The Morgan fingerprint density at radius 3 is 1.23 bits per heavy atom. The van der Waals surface area contributed by atoms with Crippen LogP contribution in [0.15, 0.2) is 134 Å². The molecule has 0 aromatic carbocycles. The summed E-state index contributed by atoms with van der Waals surface area (Å²) in [5, 5.41) is 23.0. The molecule has 0 aromatic rings. The Labute approximate surface area is 351 Å². The summed E-state index contributed by atoms with van der Waals surface area (Å²) in [7, 11) is 0. The van der Waals surface area contributed by atoms with Crippen molar-refractivity contribution in [1.29, 1.82) is 0 Å². The van der Waals surface area contributed by atoms with E-state index >= 15 is 0 Å². The standard InChI is InChI=1S/C53H85NO3/c1-3-5-7-9-11-13-15-17-19-21-22-23-24-25-26-27-28-29-30-31-32-33-35-37-39-41-43-45-47-49-53(57)54-51(50-55)52(56)48-46-44-42-40-38-36-34-20-18-16-14-12-10-8-6-4-2/h5,7,11,13,17-20,22-23,25-26,28-29,31-32,35,37-38,40,46,48,51-52,55-56H,3-4,6,8-10,12,14-16,21,24,27,30,33-34,36,39,41-45,47,49-50H2,1-2H3,(H,54,57)/b7-5-,13-11-,19-17-,20-18+,23-22-,26-25-,29-28-,32-31-,37-35-,40-38+,48-46+. The topological polar surface area (TPSA) is 69.6 Å². The van der Waals surface area contributed by atoms with Crippen molar-refractivity contribution in [2.75, 3.05) is 6.61 Å². The van der Waals surface area contributed by atoms with Gasteiger partial charge in [0.2, 0.25) is 5.91 Å². The lowest BCUT2D eigenvalue weighted by Gasteiger charge is -2.19. The minimum atomic E-state index is -0.891. The van der Waals surface area contributed by atoms with E-state index in [0.717, 1.165) is 109 Å². The second kappa shape index (κ2) is 46.9. The third-order valence-electron chi connectivity index (χ3n) is 9.35. The number of hydrogen-bond acceptors (Lipinski definition) is 3. The number of aliphatic hydroxyl groups is 2. The molecule has 57 heavy (non-hydrogen) atoms. The van der Waals surface area contributed by atoms with E-state index in [1.807, 2.05) is 6.08 Å². The van der Waals surface area contributed by atoms with Gasteiger partial charge in [0.05, 0.1) is 18.8 Å². The molecule has 0 bridgehead atoms. The number of carbonyl (C=O) groups excluding carboxylic acids is 1. The first kappa shape index (κ1) is 53.5. The fourth-order valence-corrected chi connectivity index (χ4v) is 5.87. The molecular weight excluding hydrogens is 699 g/mol. The molecule has 0 saturated heterocycles. The minimum Gasteiger partial charge on any atom is -0.394 e. The minimum absolute atomic E-state index is 0.110. The summed E-state index contributed by atoms with van der Waals surface area (Å²) in [6.45, 7) is 4.14. The molecule has 0 rings (SSSR count). The number of unbranched alkanes of at least 4 members (excludes halogenated alkanes) is 12. The molecule has 2 unspecified atom stereocenters. The number of carbonyl (C=O) groups is 1. The fourth-order valence-electron chi connectivity index (χ4n) is 5.87. The molecule has 2 atom stereocenters. The number of hydrogen-bond donors (Lipinski definition) is 3. The third-order valence-corrected chi connectivity index (χ3v) is 9.35. The number of rotatable bonds is 39. The van der Waals surface area contributed by atoms with Gasteiger partial charge in [-0.15, -0.1) is 0 Å². The van der Waals surface area contributed by atoms with Crippen LogP contribution in [0.5, 0.6) is 0 Å². The Balaban J connectivity index is 3.78. The smallest absolute Gasteiger partial charge is 0.220 e. The van der Waals surface area contributed by atoms with Gasteiger partial charge in [0.15, 0.2) is 0 Å². The van der Waals surface area contributed by atoms with Gasteiger partial charge in [-0.25, -0.2) is 0 Å². The fraction of sp³-hybridized carbons (Fsp3) is 0.566. The molecule has 0 radical (unpaired) electrons. The van der Waals surface area contributed by atoms with Crippen LogP contribution in [0.1, 0.15) is 174 Å². The first-order valence-electron chi connectivity index (χ1n) is 22.9. The Morgan fingerprint density at radius 1 is 0.439 bits per heavy atom. The maximum atomic E-state index is 12.4. The second-order valence-electron chi connectivity index (χ2n) is 14.7. The van der Waals surface area contributed by atoms with E-state index in [2.05, 4.69) is 141 Å². The van der Waals surface area contributed by atoms with E-state index in [9.17, 15) is 15.0 Å². The zero-order valence-corrected chi connectivity index (χ0v) is 36.5. The van der Waals surface area contributed by atoms with E-state index in [1.54, 1.807) is 6.08 Å². The lowest BCUT2D eigenvalue weighted by Crippen LogP contribution is -2.45. The Morgan fingerprint density at radius 2 is 0.789 bits per heavy atom. The highest BCUT2D eigenvalue weighted by Gasteiger charge is 2.17. The van der Waals surface area contributed by atoms with Crippen LogP contribution in [0, 0.1) is 0 Å². The first-order valence-corrected chi connectivity index (χ1v) is 22.9. The summed E-state index contributed by atoms with van der Waals surface area (Å²) >= 11 is 0. The van der Waals surface area contributed by atoms with E-state index in [1.165, 1.54) is 44.9 Å². The first-order chi connectivity index (χ1) is 28.2. The number of nitrogens with one attached hydrogen (secondary N) is 1. The van der Waals surface area contributed by atoms with Crippen LogP contribution in [0.3, 0.4) is 0 Å². The van der Waals surface area contributed by atoms with Crippen molar-refractivity contribution in [2.24, 2.45) is 0 Å². The summed E-state index contributed by atoms with van der Waals surface area (Å²) in [4.78, 5) is 12.4. The van der Waals surface area contributed by atoms with Crippen LogP contribution in [0.2, 0.25) is 0 Å². The van der Waals surface area contributed by atoms with E-state index in [0.29, 0.717) is 6.42 Å². The monoisotopic (exact) mass is 784 g/mol. The van der Waals surface area contributed by atoms with Crippen molar-refractivity contribution in [3.63, 3.8) is 0 Å². The van der Waals surface area contributed by atoms with Crippen LogP contribution >= 0.6 is 0 Å². The molecule has 1 amide bonds. The summed E-state index contributed by atoms with van der Waals surface area (Å²) in [6.07, 6.45) is 74.1. The SMILES string of the molecule is CC/C=C\C/C=C\C/C=C\C/C=C\C/C=C\C/C=C\C/C=C\C/C=C\CCCCCCC(=O)NC(CO)C(O)/C=C/CC/C=C/CC/C=C/CCCCCCCC. The van der Waals surface area contributed by atoms with Crippen molar-refractivity contribution in [3.05, 3.63) is 134 Å². The Kier molecular flexibility index (Phi) is 44.1. The van der Waals surface area contributed by atoms with Gasteiger partial charge in [0.1, 0.15) is 0 Å². The Hall–Kier alpha value is -3.47. The number of allylic oxidation sites excluding steroid dienone is 21. The van der Waals surface area contributed by atoms with E-state index < -0.39 is 12.1 Å². The Bertz CT molecular complexity index is 1210. The average Bonchev–Trinajstić information content (AvgIpc) is 3.22. The molecular formula is C53H85NO3. The molecule has 0 aromatic heterocycles. The number of aliphatic hydroxyl groups excluding tert-OH is 2. The molecule has 320 valence electrons. The highest BCUT2D eigenvalue weighted by Crippen LogP contribution is 2.09. The molecule has 0 aliphatic carbocycles. The van der Waals surface area contributed by atoms with Gasteiger partial charge < -0.3 is 15.5 Å². The molecule has 0 spiro atoms. The van der Waals surface area contributed by atoms with Crippen molar-refractivity contribution >= 4 is 5.91 Å². The van der Waals surface area contributed by atoms with Gasteiger partial charge in [-0.3, -0.25) is 4.79 Å². The molecule has 4 heteroatoms. The van der Waals surface area contributed by atoms with E-state index in [-0.39, 0.29) is 12.5 Å². The van der Waals surface area contributed by atoms with Crippen LogP contribution < -0.4 is 5.32 Å². The third kappa shape index (κ3) is 43.5. The van der Waals surface area contributed by atoms with Crippen LogP contribution in [0.4, 0.5) is 0 Å². The predicted molar refractivity (Wildman–Crippen MR) is 252 cm³/mol. The van der Waals surface area contributed by atoms with Gasteiger partial charge >= 0.3 is 0 Å². The molecule has 0 saturated carbocycles. The van der Waals surface area contributed by atoms with Crippen LogP contribution in [0.25, 0.3) is 0 Å². The zero-order valence-electron chi connectivity index (χ0n) is 36.5. The van der Waals surface area contributed by atoms with Gasteiger partial charge in [-0.05, 0) is 109 Å². The van der Waals surface area contributed by atoms with Crippen molar-refractivity contribution in [3.8, 4) is 0 Å². The predicted octanol–water partition coefficient (Wildman–Crippen LogP) is 14.7. The molecule has 0 heterocycles. The lowest BCUT2D eigenvalue weighted by atomic mass is 10.1. The highest BCUT2D eigenvalue weighted by molar-refractivity contribution is 5.76. The summed E-state index contributed by atoms with van der Waals surface area (Å²) in [5.41, 5.74) is 0. The average molecular weight is 784 g/mol. The molecule has 4 nitrogen and oxygen atoms in total. The maximum absolute atomic E-state index is 12.4. The lowest BCUT2D eigenvalue weighted by molar-refractivity contribution is -0.123. The highest BCUT2D eigenvalue weighted by atomic mass is 16.3. The van der Waals surface area contributed by atoms with Crippen molar-refractivity contribution in [1.82, 2.24) is 5.32 Å². The van der Waals surface area contributed by atoms with Gasteiger partial charge in [-0.1, -0.05) is 192 Å². The largest absolute Gasteiger partial charge is 0.394 e. The zero-order chi connectivity index (χ0) is 41.4. The van der Waals surface area contributed by atoms with Gasteiger partial charge in [0.25, 0.3) is 0 Å². The second-order valence-corrected chi connectivity index (χ2v) is 14.7. The van der Waals surface area contributed by atoms with Crippen LogP contribution in [-0.4, -0.2) is 34.9 Å². The van der Waals surface area contributed by atoms with Crippen molar-refractivity contribution in [2.45, 2.75) is 187 Å². The summed E-state index contributed by atoms with van der Waals surface area (Å²) < 4.78 is 0. The normalized spacial score (nSPS) is 14.2. The summed E-state index contributed by atoms with van der Waals surface area (Å²) in [5.74, 6) is -0.110. The maximum Gasteiger partial charge on any atom is 0.220 e. The molecule has 0 fully saturated rings. The number of amides is 1. The van der Waals surface area contributed by atoms with Gasteiger partial charge in [0, 0.05) is 6.42 Å². The summed E-state index contributed by atoms with van der Waals surface area (Å²) in [6, 6.07) is -0.669. The molecule has 0 aliphatic rings. The van der Waals surface area contributed by atoms with E-state index in [4.69, 9.17) is 0 Å². The molecule has 0 aliphatic heterocycles. The quantitative estimate of drug-likeness (QED) is 0.0429. The van der Waals surface area contributed by atoms with Crippen molar-refractivity contribution < 1.29 is 15.0 Å². The van der Waals surface area contributed by atoms with Gasteiger partial charge in [-0.2, -0.15) is 0 Å². The molecule has 3 N–H and O–H groups in total. The van der Waals surface area contributed by atoms with Crippen LogP contribution in [-0.2, 0) is 4.79 Å².